The van der Waals surface area contributed by atoms with Gasteiger partial charge in [0, 0.05) is 43.5 Å². The number of imide groups is 1. The number of aromatic nitrogens is 2. The third kappa shape index (κ3) is 3.21. The first-order valence-electron chi connectivity index (χ1n) is 10.4. The van der Waals surface area contributed by atoms with Gasteiger partial charge in [-0.05, 0) is 37.0 Å². The molecule has 30 heavy (non-hydrogen) atoms. The van der Waals surface area contributed by atoms with Gasteiger partial charge in [-0.25, -0.2) is 14.8 Å². The molecule has 2 aromatic rings. The summed E-state index contributed by atoms with van der Waals surface area (Å²) in [5.41, 5.74) is 2.43. The van der Waals surface area contributed by atoms with Gasteiger partial charge in [0.15, 0.2) is 0 Å². The number of piperidine rings is 1. The second-order valence-electron chi connectivity index (χ2n) is 8.33. The van der Waals surface area contributed by atoms with Crippen LogP contribution < -0.4 is 10.1 Å². The Hall–Kier alpha value is -3.00. The van der Waals surface area contributed by atoms with Crippen LogP contribution in [0.1, 0.15) is 42.5 Å². The van der Waals surface area contributed by atoms with Crippen molar-refractivity contribution in [1.29, 1.82) is 0 Å². The molecule has 1 unspecified atom stereocenters. The molecular formula is C22H25N5O3. The molecule has 1 aromatic carbocycles. The quantitative estimate of drug-likeness (QED) is 0.781. The van der Waals surface area contributed by atoms with Gasteiger partial charge in [-0.2, -0.15) is 0 Å². The minimum absolute atomic E-state index is 0.144. The number of nitrogens with one attached hydrogen (secondary N) is 1. The molecule has 2 fully saturated rings. The number of hydrogen-bond donors (Lipinski definition) is 1. The van der Waals surface area contributed by atoms with E-state index in [4.69, 9.17) is 4.74 Å². The van der Waals surface area contributed by atoms with Crippen LogP contribution in [0, 0.1) is 0 Å². The highest BCUT2D eigenvalue weighted by atomic mass is 16.5. The average Bonchev–Trinajstić information content (AvgIpc) is 3.33. The Morgan fingerprint density at radius 1 is 1.20 bits per heavy atom. The molecule has 1 aromatic heterocycles. The molecule has 3 amide bonds. The van der Waals surface area contributed by atoms with Crippen molar-refractivity contribution in [3.05, 3.63) is 53.6 Å². The number of hydrogen-bond acceptors (Lipinski definition) is 6. The maximum Gasteiger partial charge on any atom is 0.325 e. The SMILES string of the molecule is CC(c1ccc2c(c1)OCC2)N1CCC2(CC1)NC(=O)N(Cc1cncnc1)C2=O. The van der Waals surface area contributed by atoms with Crippen LogP contribution in [-0.2, 0) is 17.8 Å². The van der Waals surface area contributed by atoms with E-state index in [1.165, 1.54) is 22.4 Å². The van der Waals surface area contributed by atoms with E-state index in [0.29, 0.717) is 12.8 Å². The molecule has 0 aliphatic carbocycles. The van der Waals surface area contributed by atoms with E-state index < -0.39 is 5.54 Å². The minimum Gasteiger partial charge on any atom is -0.493 e. The maximum absolute atomic E-state index is 13.1. The molecule has 0 saturated carbocycles. The molecule has 156 valence electrons. The number of benzene rings is 1. The smallest absolute Gasteiger partial charge is 0.325 e. The minimum atomic E-state index is -0.802. The normalized spacial score (nSPS) is 21.4. The van der Waals surface area contributed by atoms with E-state index >= 15 is 0 Å². The Bertz CT molecular complexity index is 972. The lowest BCUT2D eigenvalue weighted by atomic mass is 9.86. The first kappa shape index (κ1) is 19.0. The third-order valence-corrected chi connectivity index (χ3v) is 6.60. The van der Waals surface area contributed by atoms with Crippen LogP contribution in [0.2, 0.25) is 0 Å². The van der Waals surface area contributed by atoms with Crippen molar-refractivity contribution >= 4 is 11.9 Å². The molecule has 1 atom stereocenters. The first-order chi connectivity index (χ1) is 14.6. The fourth-order valence-electron chi connectivity index (χ4n) is 4.70. The number of likely N-dealkylation sites (tertiary alicyclic amines) is 1. The lowest BCUT2D eigenvalue weighted by Gasteiger charge is -2.40. The van der Waals surface area contributed by atoms with Gasteiger partial charge in [0.2, 0.25) is 0 Å². The molecule has 0 radical (unpaired) electrons. The topological polar surface area (TPSA) is 87.7 Å². The standard InChI is InChI=1S/C22H25N5O3/c1-15(18-3-2-17-4-9-30-19(17)10-18)26-7-5-22(6-8-26)20(28)27(21(29)25-22)13-16-11-23-14-24-12-16/h2-3,10-12,14-15H,4-9,13H2,1H3,(H,25,29). The number of urea groups is 1. The van der Waals surface area contributed by atoms with Crippen molar-refractivity contribution in [2.24, 2.45) is 0 Å². The van der Waals surface area contributed by atoms with Crippen molar-refractivity contribution in [2.45, 2.75) is 44.3 Å². The summed E-state index contributed by atoms with van der Waals surface area (Å²) in [6.45, 7) is 4.63. The third-order valence-electron chi connectivity index (χ3n) is 6.60. The van der Waals surface area contributed by atoms with Gasteiger partial charge in [-0.1, -0.05) is 12.1 Å². The van der Waals surface area contributed by atoms with E-state index in [1.54, 1.807) is 12.4 Å². The molecule has 5 rings (SSSR count). The van der Waals surface area contributed by atoms with Crippen molar-refractivity contribution in [1.82, 2.24) is 25.1 Å². The zero-order valence-corrected chi connectivity index (χ0v) is 17.0. The molecule has 1 N–H and O–H groups in total. The van der Waals surface area contributed by atoms with Crippen LogP contribution in [0.15, 0.2) is 36.9 Å². The van der Waals surface area contributed by atoms with Gasteiger partial charge in [0.1, 0.15) is 17.6 Å². The van der Waals surface area contributed by atoms with Crippen molar-refractivity contribution in [2.75, 3.05) is 19.7 Å². The Balaban J connectivity index is 1.26. The lowest BCUT2D eigenvalue weighted by molar-refractivity contribution is -0.133. The molecule has 4 heterocycles. The summed E-state index contributed by atoms with van der Waals surface area (Å²) in [7, 11) is 0. The predicted molar refractivity (Wildman–Crippen MR) is 109 cm³/mol. The monoisotopic (exact) mass is 407 g/mol. The fraction of sp³-hybridized carbons (Fsp3) is 0.455. The summed E-state index contributed by atoms with van der Waals surface area (Å²) in [4.78, 5) is 37.3. The van der Waals surface area contributed by atoms with E-state index in [2.05, 4.69) is 45.3 Å². The van der Waals surface area contributed by atoms with Crippen molar-refractivity contribution in [3.8, 4) is 5.75 Å². The highest BCUT2D eigenvalue weighted by molar-refractivity contribution is 6.07. The largest absolute Gasteiger partial charge is 0.493 e. The number of fused-ring (bicyclic) bond motifs is 1. The summed E-state index contributed by atoms with van der Waals surface area (Å²) in [6, 6.07) is 6.37. The Morgan fingerprint density at radius 3 is 2.73 bits per heavy atom. The van der Waals surface area contributed by atoms with E-state index in [9.17, 15) is 9.59 Å². The van der Waals surface area contributed by atoms with Gasteiger partial charge >= 0.3 is 6.03 Å². The molecule has 2 saturated heterocycles. The van der Waals surface area contributed by atoms with Crippen LogP contribution in [0.25, 0.3) is 0 Å². The number of rotatable bonds is 4. The number of nitrogens with zero attached hydrogens (tertiary/aromatic N) is 4. The first-order valence-corrected chi connectivity index (χ1v) is 10.4. The molecular weight excluding hydrogens is 382 g/mol. The summed E-state index contributed by atoms with van der Waals surface area (Å²) >= 11 is 0. The zero-order valence-electron chi connectivity index (χ0n) is 17.0. The number of amides is 3. The van der Waals surface area contributed by atoms with Crippen LogP contribution in [0.4, 0.5) is 4.79 Å². The number of carbonyl (C=O) groups is 2. The van der Waals surface area contributed by atoms with Crippen molar-refractivity contribution in [3.63, 3.8) is 0 Å². The average molecular weight is 407 g/mol. The summed E-state index contributed by atoms with van der Waals surface area (Å²) in [5.74, 6) is 0.848. The van der Waals surface area contributed by atoms with Crippen molar-refractivity contribution < 1.29 is 14.3 Å². The maximum atomic E-state index is 13.1. The number of carbonyl (C=O) groups excluding carboxylic acids is 2. The molecule has 1 spiro atoms. The molecule has 8 heteroatoms. The van der Waals surface area contributed by atoms with Gasteiger partial charge in [0.25, 0.3) is 5.91 Å². The van der Waals surface area contributed by atoms with Gasteiger partial charge < -0.3 is 10.1 Å². The van der Waals surface area contributed by atoms with Crippen LogP contribution in [0.3, 0.4) is 0 Å². The Morgan fingerprint density at radius 2 is 1.97 bits per heavy atom. The van der Waals surface area contributed by atoms with Gasteiger partial charge in [-0.3, -0.25) is 14.6 Å². The molecule has 0 bridgehead atoms. The fourth-order valence-corrected chi connectivity index (χ4v) is 4.70. The Labute approximate surface area is 175 Å². The second-order valence-corrected chi connectivity index (χ2v) is 8.33. The number of ether oxygens (including phenoxy) is 1. The highest BCUT2D eigenvalue weighted by Gasteiger charge is 2.52. The predicted octanol–water partition coefficient (Wildman–Crippen LogP) is 2.06. The Kier molecular flexibility index (Phi) is 4.66. The summed E-state index contributed by atoms with van der Waals surface area (Å²) in [6.07, 6.45) is 6.87. The zero-order chi connectivity index (χ0) is 20.7. The molecule has 8 nitrogen and oxygen atoms in total. The van der Waals surface area contributed by atoms with E-state index in [-0.39, 0.29) is 24.5 Å². The van der Waals surface area contributed by atoms with Crippen LogP contribution >= 0.6 is 0 Å². The van der Waals surface area contributed by atoms with Crippen LogP contribution in [0.5, 0.6) is 5.75 Å². The van der Waals surface area contributed by atoms with Gasteiger partial charge in [0.05, 0.1) is 13.2 Å². The van der Waals surface area contributed by atoms with E-state index in [1.807, 2.05) is 0 Å². The molecule has 3 aliphatic rings. The van der Waals surface area contributed by atoms with Crippen LogP contribution in [-0.4, -0.2) is 56.9 Å². The van der Waals surface area contributed by atoms with E-state index in [0.717, 1.165) is 37.4 Å². The van der Waals surface area contributed by atoms with Gasteiger partial charge in [-0.15, -0.1) is 0 Å². The second kappa shape index (κ2) is 7.36. The summed E-state index contributed by atoms with van der Waals surface area (Å²) < 4.78 is 5.71. The summed E-state index contributed by atoms with van der Waals surface area (Å²) in [5, 5.41) is 2.97. The highest BCUT2D eigenvalue weighted by Crippen LogP contribution is 2.35. The lowest BCUT2D eigenvalue weighted by Crippen LogP contribution is -2.55. The molecule has 3 aliphatic heterocycles.